The van der Waals surface area contributed by atoms with Crippen molar-refractivity contribution in [3.05, 3.63) is 58.0 Å². The Balaban J connectivity index is 1.97. The maximum absolute atomic E-state index is 12.2. The number of benzene rings is 2. The number of ether oxygens (including phenoxy) is 1. The number of hydrogen-bond donors (Lipinski definition) is 1. The van der Waals surface area contributed by atoms with Crippen molar-refractivity contribution in [1.29, 1.82) is 0 Å². The first-order valence-corrected chi connectivity index (χ1v) is 10.1. The molecule has 0 bridgehead atoms. The number of thiophene rings is 1. The topological polar surface area (TPSA) is 46.5 Å². The third-order valence-corrected chi connectivity index (χ3v) is 6.83. The van der Waals surface area contributed by atoms with Crippen molar-refractivity contribution in [3.8, 4) is 10.4 Å². The zero-order chi connectivity index (χ0) is 19.2. The fourth-order valence-electron chi connectivity index (χ4n) is 4.11. The first kappa shape index (κ1) is 18.2. The van der Waals surface area contributed by atoms with Gasteiger partial charge in [-0.3, -0.25) is 0 Å². The highest BCUT2D eigenvalue weighted by atomic mass is 32.1. The molecule has 0 unspecified atom stereocenters. The molecule has 4 rings (SSSR count). The molecule has 0 aliphatic heterocycles. The van der Waals surface area contributed by atoms with Crippen LogP contribution in [0.1, 0.15) is 46.6 Å². The average molecular weight is 381 g/mol. The summed E-state index contributed by atoms with van der Waals surface area (Å²) in [4.78, 5) is 14.4. The largest absolute Gasteiger partial charge is 0.478 e. The molecule has 1 aliphatic carbocycles. The van der Waals surface area contributed by atoms with Crippen LogP contribution in [0.5, 0.6) is 0 Å². The van der Waals surface area contributed by atoms with E-state index in [0.29, 0.717) is 12.2 Å². The lowest BCUT2D eigenvalue weighted by atomic mass is 9.76. The Hall–Kier alpha value is -2.17. The lowest BCUT2D eigenvalue weighted by Gasteiger charge is -2.29. The average Bonchev–Trinajstić information content (AvgIpc) is 2.98. The van der Waals surface area contributed by atoms with Crippen LogP contribution in [-0.2, 0) is 24.2 Å². The van der Waals surface area contributed by atoms with Gasteiger partial charge in [-0.15, -0.1) is 11.3 Å². The molecule has 1 aliphatic rings. The number of aromatic carboxylic acids is 1. The predicted octanol–water partition coefficient (Wildman–Crippen LogP) is 5.93. The highest BCUT2D eigenvalue weighted by Crippen LogP contribution is 2.46. The number of fused-ring (bicyclic) bond motifs is 2. The maximum Gasteiger partial charge on any atom is 0.337 e. The number of hydrogen-bond acceptors (Lipinski definition) is 3. The van der Waals surface area contributed by atoms with E-state index in [1.54, 1.807) is 18.4 Å². The van der Waals surface area contributed by atoms with Gasteiger partial charge in [-0.05, 0) is 64.3 Å². The van der Waals surface area contributed by atoms with Crippen molar-refractivity contribution in [3.63, 3.8) is 0 Å². The molecule has 3 nitrogen and oxygen atoms in total. The molecule has 0 fully saturated rings. The number of aryl methyl sites for hydroxylation is 1. The van der Waals surface area contributed by atoms with Crippen LogP contribution in [0.2, 0.25) is 0 Å². The van der Waals surface area contributed by atoms with Crippen LogP contribution in [0.3, 0.4) is 0 Å². The zero-order valence-corrected chi connectivity index (χ0v) is 16.8. The Kier molecular flexibility index (Phi) is 4.57. The van der Waals surface area contributed by atoms with Gasteiger partial charge in [-0.2, -0.15) is 0 Å². The summed E-state index contributed by atoms with van der Waals surface area (Å²) in [5, 5.41) is 12.3. The molecule has 27 heavy (non-hydrogen) atoms. The van der Waals surface area contributed by atoms with Gasteiger partial charge >= 0.3 is 5.97 Å². The molecule has 3 aromatic rings. The summed E-state index contributed by atoms with van der Waals surface area (Å²) in [5.41, 5.74) is 3.71. The van der Waals surface area contributed by atoms with Crippen LogP contribution >= 0.6 is 11.3 Å². The quantitative estimate of drug-likeness (QED) is 0.610. The fraction of sp³-hybridized carbons (Fsp3) is 0.348. The second-order valence-corrected chi connectivity index (χ2v) is 9.25. The number of methoxy groups -OCH3 is 1. The molecule has 0 atom stereocenters. The van der Waals surface area contributed by atoms with Crippen molar-refractivity contribution in [2.45, 2.75) is 39.7 Å². The van der Waals surface area contributed by atoms with Gasteiger partial charge in [-0.25, -0.2) is 4.79 Å². The van der Waals surface area contributed by atoms with Crippen LogP contribution in [0.25, 0.3) is 21.2 Å². The summed E-state index contributed by atoms with van der Waals surface area (Å²) in [7, 11) is 1.68. The van der Waals surface area contributed by atoms with Crippen molar-refractivity contribution in [1.82, 2.24) is 0 Å². The van der Waals surface area contributed by atoms with E-state index < -0.39 is 5.97 Å². The number of carboxylic acids is 1. The smallest absolute Gasteiger partial charge is 0.337 e. The molecule has 0 saturated carbocycles. The molecule has 0 amide bonds. The summed E-state index contributed by atoms with van der Waals surface area (Å²) in [5.74, 6) is -0.822. The number of carbonyl (C=O) groups is 1. The fourth-order valence-corrected chi connectivity index (χ4v) is 5.47. The summed E-state index contributed by atoms with van der Waals surface area (Å²) < 4.78 is 5.43. The Morgan fingerprint density at radius 2 is 1.93 bits per heavy atom. The van der Waals surface area contributed by atoms with E-state index in [9.17, 15) is 9.90 Å². The molecule has 2 aromatic carbocycles. The van der Waals surface area contributed by atoms with Gasteiger partial charge < -0.3 is 9.84 Å². The van der Waals surface area contributed by atoms with E-state index >= 15 is 0 Å². The predicted molar refractivity (Wildman–Crippen MR) is 111 cm³/mol. The lowest BCUT2D eigenvalue weighted by Crippen LogP contribution is -2.22. The van der Waals surface area contributed by atoms with Gasteiger partial charge in [0.1, 0.15) is 0 Å². The van der Waals surface area contributed by atoms with Gasteiger partial charge in [0.25, 0.3) is 0 Å². The van der Waals surface area contributed by atoms with E-state index in [-0.39, 0.29) is 5.41 Å². The molecule has 140 valence electrons. The van der Waals surface area contributed by atoms with E-state index in [0.717, 1.165) is 51.6 Å². The van der Waals surface area contributed by atoms with Crippen LogP contribution < -0.4 is 0 Å². The molecular formula is C23H24O3S. The summed E-state index contributed by atoms with van der Waals surface area (Å²) in [6, 6.07) is 12.4. The van der Waals surface area contributed by atoms with E-state index in [1.807, 2.05) is 12.1 Å². The third kappa shape index (κ3) is 3.28. The first-order valence-electron chi connectivity index (χ1n) is 9.28. The Morgan fingerprint density at radius 3 is 2.59 bits per heavy atom. The van der Waals surface area contributed by atoms with Crippen molar-refractivity contribution >= 4 is 28.1 Å². The Morgan fingerprint density at radius 1 is 1.22 bits per heavy atom. The number of carboxylic acid groups (broad SMARTS) is 1. The Labute approximate surface area is 163 Å². The molecule has 1 N–H and O–H groups in total. The van der Waals surface area contributed by atoms with Gasteiger partial charge in [0.15, 0.2) is 0 Å². The van der Waals surface area contributed by atoms with E-state index in [2.05, 4.69) is 38.1 Å². The number of rotatable bonds is 4. The van der Waals surface area contributed by atoms with Gasteiger partial charge in [-0.1, -0.05) is 38.1 Å². The van der Waals surface area contributed by atoms with E-state index in [4.69, 9.17) is 4.74 Å². The summed E-state index contributed by atoms with van der Waals surface area (Å²) >= 11 is 1.66. The zero-order valence-electron chi connectivity index (χ0n) is 16.0. The van der Waals surface area contributed by atoms with Gasteiger partial charge in [0, 0.05) is 16.9 Å². The van der Waals surface area contributed by atoms with Crippen LogP contribution in [-0.4, -0.2) is 18.2 Å². The van der Waals surface area contributed by atoms with Crippen molar-refractivity contribution in [2.24, 2.45) is 5.41 Å². The highest BCUT2D eigenvalue weighted by Gasteiger charge is 2.33. The minimum Gasteiger partial charge on any atom is -0.478 e. The minimum absolute atomic E-state index is 0.147. The molecule has 1 aromatic heterocycles. The van der Waals surface area contributed by atoms with Crippen LogP contribution in [0.4, 0.5) is 0 Å². The minimum atomic E-state index is -0.822. The second kappa shape index (κ2) is 6.77. The molecule has 4 heteroatoms. The normalized spacial score (nSPS) is 15.7. The SMILES string of the molecule is COCc1cc2ccccc2cc1-c1sc2c(c1C(=O)O)CC(C)(C)CC2. The maximum atomic E-state index is 12.2. The first-order chi connectivity index (χ1) is 12.9. The molecule has 0 spiro atoms. The van der Waals surface area contributed by atoms with Gasteiger partial charge in [0.05, 0.1) is 12.2 Å². The molecule has 0 radical (unpaired) electrons. The van der Waals surface area contributed by atoms with Crippen LogP contribution in [0, 0.1) is 5.41 Å². The second-order valence-electron chi connectivity index (χ2n) is 8.14. The van der Waals surface area contributed by atoms with Crippen molar-refractivity contribution < 1.29 is 14.6 Å². The van der Waals surface area contributed by atoms with Gasteiger partial charge in [0.2, 0.25) is 0 Å². The molecule has 0 saturated heterocycles. The summed E-state index contributed by atoms with van der Waals surface area (Å²) in [6.07, 6.45) is 2.88. The van der Waals surface area contributed by atoms with Crippen molar-refractivity contribution in [2.75, 3.05) is 7.11 Å². The lowest BCUT2D eigenvalue weighted by molar-refractivity contribution is 0.0696. The van der Waals surface area contributed by atoms with E-state index in [1.165, 1.54) is 4.88 Å². The molecular weight excluding hydrogens is 356 g/mol. The Bertz CT molecular complexity index is 1030. The van der Waals surface area contributed by atoms with Crippen LogP contribution in [0.15, 0.2) is 36.4 Å². The highest BCUT2D eigenvalue weighted by molar-refractivity contribution is 7.16. The molecule has 1 heterocycles. The third-order valence-electron chi connectivity index (χ3n) is 5.50. The standard InChI is InChI=1S/C23H24O3S/c1-23(2)9-8-19-18(12-23)20(22(24)25)21(27-19)17-11-15-7-5-4-6-14(15)10-16(17)13-26-3/h4-7,10-11H,8-9,12-13H2,1-3H3,(H,24,25). The monoisotopic (exact) mass is 380 g/mol. The summed E-state index contributed by atoms with van der Waals surface area (Å²) in [6.45, 7) is 4.92.